The Morgan fingerprint density at radius 3 is 2.96 bits per heavy atom. The van der Waals surface area contributed by atoms with Gasteiger partial charge < -0.3 is 15.3 Å². The quantitative estimate of drug-likeness (QED) is 0.845. The second kappa shape index (κ2) is 8.16. The molecule has 1 aromatic carbocycles. The first-order valence-corrected chi connectivity index (χ1v) is 9.00. The van der Waals surface area contributed by atoms with E-state index in [1.54, 1.807) is 6.20 Å². The third kappa shape index (κ3) is 4.39. The Bertz CT molecular complexity index is 686. The number of aliphatic hydroxyl groups is 1. The Morgan fingerprint density at radius 1 is 1.40 bits per heavy atom. The van der Waals surface area contributed by atoms with E-state index < -0.39 is 6.10 Å². The number of benzene rings is 1. The molecule has 0 bridgehead atoms. The zero-order chi connectivity index (χ0) is 17.6. The van der Waals surface area contributed by atoms with E-state index in [1.165, 1.54) is 0 Å². The van der Waals surface area contributed by atoms with Gasteiger partial charge in [-0.05, 0) is 31.2 Å². The summed E-state index contributed by atoms with van der Waals surface area (Å²) in [4.78, 5) is 14.4. The summed E-state index contributed by atoms with van der Waals surface area (Å²) in [6.07, 6.45) is 6.43. The standard InChI is InChI=1S/C19H26N4O2/c1-2-10-22-14-16(13-20-22)21-19(25)23-11-6-9-17(23)12-18(24)15-7-4-3-5-8-15/h3-5,7-8,13-14,17-18,24H,2,6,9-12H2,1H3,(H,21,25). The van der Waals surface area contributed by atoms with Crippen LogP contribution in [0.1, 0.15) is 44.3 Å². The molecule has 0 radical (unpaired) electrons. The SMILES string of the molecule is CCCn1cc(NC(=O)N2CCCC2CC(O)c2ccccc2)cn1. The van der Waals surface area contributed by atoms with Gasteiger partial charge in [0.2, 0.25) is 0 Å². The fraction of sp³-hybridized carbons (Fsp3) is 0.474. The minimum absolute atomic E-state index is 0.0564. The van der Waals surface area contributed by atoms with Crippen LogP contribution in [0, 0.1) is 0 Å². The van der Waals surface area contributed by atoms with Crippen molar-refractivity contribution in [3.05, 3.63) is 48.3 Å². The maximum Gasteiger partial charge on any atom is 0.322 e. The van der Waals surface area contributed by atoms with Gasteiger partial charge >= 0.3 is 6.03 Å². The molecule has 3 rings (SSSR count). The molecule has 1 aliphatic heterocycles. The number of nitrogens with one attached hydrogen (secondary N) is 1. The lowest BCUT2D eigenvalue weighted by Gasteiger charge is -2.26. The van der Waals surface area contributed by atoms with Gasteiger partial charge in [0.15, 0.2) is 0 Å². The van der Waals surface area contributed by atoms with Crippen LogP contribution >= 0.6 is 0 Å². The first kappa shape index (κ1) is 17.5. The van der Waals surface area contributed by atoms with Gasteiger partial charge in [-0.3, -0.25) is 4.68 Å². The van der Waals surface area contributed by atoms with E-state index in [4.69, 9.17) is 0 Å². The van der Waals surface area contributed by atoms with Crippen molar-refractivity contribution < 1.29 is 9.90 Å². The fourth-order valence-corrected chi connectivity index (χ4v) is 3.39. The zero-order valence-corrected chi connectivity index (χ0v) is 14.6. The predicted octanol–water partition coefficient (Wildman–Crippen LogP) is 3.41. The summed E-state index contributed by atoms with van der Waals surface area (Å²) in [6, 6.07) is 9.57. The van der Waals surface area contributed by atoms with E-state index in [1.807, 2.05) is 46.1 Å². The van der Waals surface area contributed by atoms with Crippen LogP contribution in [-0.2, 0) is 6.54 Å². The monoisotopic (exact) mass is 342 g/mol. The lowest BCUT2D eigenvalue weighted by Crippen LogP contribution is -2.39. The smallest absolute Gasteiger partial charge is 0.322 e. The van der Waals surface area contributed by atoms with Gasteiger partial charge in [-0.15, -0.1) is 0 Å². The van der Waals surface area contributed by atoms with E-state index in [9.17, 15) is 9.90 Å². The molecule has 0 spiro atoms. The number of nitrogens with zero attached hydrogens (tertiary/aromatic N) is 3. The van der Waals surface area contributed by atoms with Gasteiger partial charge in [0.1, 0.15) is 0 Å². The van der Waals surface area contributed by atoms with E-state index >= 15 is 0 Å². The Morgan fingerprint density at radius 2 is 2.20 bits per heavy atom. The van der Waals surface area contributed by atoms with Gasteiger partial charge in [-0.2, -0.15) is 5.10 Å². The van der Waals surface area contributed by atoms with E-state index in [-0.39, 0.29) is 12.1 Å². The fourth-order valence-electron chi connectivity index (χ4n) is 3.39. The van der Waals surface area contributed by atoms with E-state index in [2.05, 4.69) is 17.3 Å². The highest BCUT2D eigenvalue weighted by Gasteiger charge is 2.30. The summed E-state index contributed by atoms with van der Waals surface area (Å²) in [7, 11) is 0. The van der Waals surface area contributed by atoms with Gasteiger partial charge in [-0.1, -0.05) is 37.3 Å². The number of carbonyl (C=O) groups is 1. The average Bonchev–Trinajstić information content (AvgIpc) is 3.25. The van der Waals surface area contributed by atoms with Gasteiger partial charge in [0.05, 0.1) is 18.0 Å². The normalized spacial score (nSPS) is 18.3. The second-order valence-electron chi connectivity index (χ2n) is 6.57. The summed E-state index contributed by atoms with van der Waals surface area (Å²) in [6.45, 7) is 3.65. The molecule has 6 heteroatoms. The maximum absolute atomic E-state index is 12.6. The summed E-state index contributed by atoms with van der Waals surface area (Å²) < 4.78 is 1.83. The molecule has 134 valence electrons. The molecule has 2 aromatic rings. The molecule has 2 atom stereocenters. The van der Waals surface area contributed by atoms with Crippen molar-refractivity contribution in [3.8, 4) is 0 Å². The number of urea groups is 1. The minimum atomic E-state index is -0.549. The molecule has 1 saturated heterocycles. The van der Waals surface area contributed by atoms with E-state index in [0.29, 0.717) is 12.1 Å². The number of hydrogen-bond donors (Lipinski definition) is 2. The molecule has 1 fully saturated rings. The van der Waals surface area contributed by atoms with Crippen molar-refractivity contribution in [1.82, 2.24) is 14.7 Å². The Hall–Kier alpha value is -2.34. The van der Waals surface area contributed by atoms with E-state index in [0.717, 1.165) is 37.9 Å². The molecular formula is C19H26N4O2. The average molecular weight is 342 g/mol. The van der Waals surface area contributed by atoms with Crippen molar-refractivity contribution in [1.29, 1.82) is 0 Å². The van der Waals surface area contributed by atoms with Crippen LogP contribution in [-0.4, -0.2) is 38.4 Å². The molecule has 2 heterocycles. The third-order valence-electron chi connectivity index (χ3n) is 4.65. The van der Waals surface area contributed by atoms with Crippen molar-refractivity contribution >= 4 is 11.7 Å². The van der Waals surface area contributed by atoms with Crippen LogP contribution in [0.2, 0.25) is 0 Å². The third-order valence-corrected chi connectivity index (χ3v) is 4.65. The van der Waals surface area contributed by atoms with Crippen LogP contribution in [0.3, 0.4) is 0 Å². The molecule has 0 saturated carbocycles. The first-order valence-electron chi connectivity index (χ1n) is 9.00. The van der Waals surface area contributed by atoms with Crippen LogP contribution in [0.5, 0.6) is 0 Å². The van der Waals surface area contributed by atoms with Crippen LogP contribution in [0.25, 0.3) is 0 Å². The molecule has 25 heavy (non-hydrogen) atoms. The van der Waals surface area contributed by atoms with Crippen molar-refractivity contribution in [2.75, 3.05) is 11.9 Å². The maximum atomic E-state index is 12.6. The highest BCUT2D eigenvalue weighted by Crippen LogP contribution is 2.27. The highest BCUT2D eigenvalue weighted by atomic mass is 16.3. The lowest BCUT2D eigenvalue weighted by atomic mass is 10.0. The predicted molar refractivity (Wildman–Crippen MR) is 97.3 cm³/mol. The van der Waals surface area contributed by atoms with Crippen molar-refractivity contribution in [3.63, 3.8) is 0 Å². The second-order valence-corrected chi connectivity index (χ2v) is 6.57. The summed E-state index contributed by atoms with van der Waals surface area (Å²) in [5.41, 5.74) is 1.61. The van der Waals surface area contributed by atoms with Crippen LogP contribution < -0.4 is 5.32 Å². The molecule has 6 nitrogen and oxygen atoms in total. The summed E-state index contributed by atoms with van der Waals surface area (Å²) in [5.74, 6) is 0. The van der Waals surface area contributed by atoms with Gasteiger partial charge in [0, 0.05) is 25.3 Å². The number of amides is 2. The lowest BCUT2D eigenvalue weighted by molar-refractivity contribution is 0.130. The van der Waals surface area contributed by atoms with Crippen molar-refractivity contribution in [2.24, 2.45) is 0 Å². The van der Waals surface area contributed by atoms with Crippen LogP contribution in [0.4, 0.5) is 10.5 Å². The number of hydrogen-bond acceptors (Lipinski definition) is 3. The number of aliphatic hydroxyl groups excluding tert-OH is 1. The van der Waals surface area contributed by atoms with Gasteiger partial charge in [-0.25, -0.2) is 4.79 Å². The molecule has 1 aromatic heterocycles. The van der Waals surface area contributed by atoms with Crippen LogP contribution in [0.15, 0.2) is 42.7 Å². The van der Waals surface area contributed by atoms with Gasteiger partial charge in [0.25, 0.3) is 0 Å². The Kier molecular flexibility index (Phi) is 5.71. The molecule has 2 unspecified atom stereocenters. The topological polar surface area (TPSA) is 70.4 Å². The number of carbonyl (C=O) groups excluding carboxylic acids is 1. The summed E-state index contributed by atoms with van der Waals surface area (Å²) >= 11 is 0. The molecule has 1 aliphatic rings. The Balaban J connectivity index is 1.59. The largest absolute Gasteiger partial charge is 0.388 e. The Labute approximate surface area is 148 Å². The molecular weight excluding hydrogens is 316 g/mol. The summed E-state index contributed by atoms with van der Waals surface area (Å²) in [5, 5.41) is 17.6. The highest BCUT2D eigenvalue weighted by molar-refractivity contribution is 5.89. The number of anilines is 1. The minimum Gasteiger partial charge on any atom is -0.388 e. The number of rotatable bonds is 6. The number of likely N-dealkylation sites (tertiary alicyclic amines) is 1. The number of aryl methyl sites for hydroxylation is 1. The zero-order valence-electron chi connectivity index (χ0n) is 14.6. The molecule has 2 N–H and O–H groups in total. The van der Waals surface area contributed by atoms with Crippen molar-refractivity contribution in [2.45, 2.75) is 51.3 Å². The first-order chi connectivity index (χ1) is 12.2. The molecule has 2 amide bonds. The number of aromatic nitrogens is 2. The molecule has 0 aliphatic carbocycles.